The third kappa shape index (κ3) is 7.68. The molecule has 6 nitrogen and oxygen atoms in total. The average molecular weight is 198 g/mol. The Kier molecular flexibility index (Phi) is 8.52. The van der Waals surface area contributed by atoms with Crippen LogP contribution in [-0.2, 0) is 9.36 Å². The molecule has 0 aromatic rings. The molecule has 0 aromatic heterocycles. The first kappa shape index (κ1) is 14.1. The van der Waals surface area contributed by atoms with Crippen molar-refractivity contribution in [3.8, 4) is 0 Å². The Morgan fingerprint density at radius 2 is 2.08 bits per heavy atom. The molecule has 0 saturated carbocycles. The van der Waals surface area contributed by atoms with Crippen LogP contribution in [-0.4, -0.2) is 28.2 Å². The van der Waals surface area contributed by atoms with E-state index < -0.39 is 20.0 Å². The van der Waals surface area contributed by atoms with Gasteiger partial charge in [-0.3, -0.25) is 9.36 Å². The van der Waals surface area contributed by atoms with Crippen molar-refractivity contribution >= 4 is 14.0 Å². The summed E-state index contributed by atoms with van der Waals surface area (Å²) in [7, 11) is -2.45. The van der Waals surface area contributed by atoms with Crippen molar-refractivity contribution in [2.24, 2.45) is 5.73 Å². The maximum atomic E-state index is 10.1. The summed E-state index contributed by atoms with van der Waals surface area (Å²) in [5.41, 5.74) is 5.13. The van der Waals surface area contributed by atoms with Gasteiger partial charge >= 0.3 is 5.97 Å². The molecule has 7 N–H and O–H groups in total. The molecule has 74 valence electrons. The highest BCUT2D eigenvalue weighted by Gasteiger charge is 2.10. The van der Waals surface area contributed by atoms with E-state index in [2.05, 4.69) is 0 Å². The zero-order valence-corrected chi connectivity index (χ0v) is 7.69. The number of carboxylic acids is 1. The SMILES string of the molecule is N.NC(CCC[PH](=O)O)C(=O)O. The van der Waals surface area contributed by atoms with Gasteiger partial charge in [0.15, 0.2) is 8.03 Å². The minimum absolute atomic E-state index is 0. The number of rotatable bonds is 5. The fourth-order valence-corrected chi connectivity index (χ4v) is 1.10. The van der Waals surface area contributed by atoms with Gasteiger partial charge < -0.3 is 21.9 Å². The summed E-state index contributed by atoms with van der Waals surface area (Å²) in [4.78, 5) is 18.5. The molecule has 2 unspecified atom stereocenters. The molecule has 0 rings (SSSR count). The first-order valence-electron chi connectivity index (χ1n) is 3.24. The van der Waals surface area contributed by atoms with Gasteiger partial charge in [-0.2, -0.15) is 0 Å². The number of nitrogens with two attached hydrogens (primary N) is 1. The second-order valence-electron chi connectivity index (χ2n) is 2.23. The van der Waals surface area contributed by atoms with Crippen LogP contribution in [0.15, 0.2) is 0 Å². The molecule has 0 heterocycles. The molecule has 0 radical (unpaired) electrons. The van der Waals surface area contributed by atoms with Gasteiger partial charge in [0, 0.05) is 6.16 Å². The molecule has 12 heavy (non-hydrogen) atoms. The second kappa shape index (κ2) is 7.24. The first-order valence-corrected chi connectivity index (χ1v) is 4.80. The van der Waals surface area contributed by atoms with Crippen LogP contribution in [0.4, 0.5) is 0 Å². The second-order valence-corrected chi connectivity index (χ2v) is 3.52. The van der Waals surface area contributed by atoms with Gasteiger partial charge in [-0.05, 0) is 12.8 Å². The topological polar surface area (TPSA) is 136 Å². The summed E-state index contributed by atoms with van der Waals surface area (Å²) in [6.45, 7) is 0. The summed E-state index contributed by atoms with van der Waals surface area (Å²) in [5, 5.41) is 8.29. The normalized spacial score (nSPS) is 14.5. The first-order chi connectivity index (χ1) is 5.04. The molecule has 0 amide bonds. The molecular formula is C5H15N2O4P. The molecule has 0 bridgehead atoms. The van der Waals surface area contributed by atoms with E-state index in [-0.39, 0.29) is 18.7 Å². The van der Waals surface area contributed by atoms with Gasteiger partial charge in [0.25, 0.3) is 0 Å². The Balaban J connectivity index is 0. The molecule has 7 heteroatoms. The van der Waals surface area contributed by atoms with E-state index in [4.69, 9.17) is 15.7 Å². The molecule has 0 aromatic carbocycles. The van der Waals surface area contributed by atoms with E-state index >= 15 is 0 Å². The fourth-order valence-electron chi connectivity index (χ4n) is 0.597. The Morgan fingerprint density at radius 3 is 2.42 bits per heavy atom. The van der Waals surface area contributed by atoms with Crippen molar-refractivity contribution in [3.05, 3.63) is 0 Å². The molecular weight excluding hydrogens is 183 g/mol. The van der Waals surface area contributed by atoms with Crippen LogP contribution in [0.5, 0.6) is 0 Å². The summed E-state index contributed by atoms with van der Waals surface area (Å²) < 4.78 is 10.1. The van der Waals surface area contributed by atoms with Crippen LogP contribution in [0.3, 0.4) is 0 Å². The number of carboxylic acid groups (broad SMARTS) is 1. The van der Waals surface area contributed by atoms with Crippen molar-refractivity contribution in [1.82, 2.24) is 6.15 Å². The van der Waals surface area contributed by atoms with Crippen LogP contribution in [0.25, 0.3) is 0 Å². The van der Waals surface area contributed by atoms with E-state index in [1.807, 2.05) is 0 Å². The largest absolute Gasteiger partial charge is 0.480 e. The fraction of sp³-hybridized carbons (Fsp3) is 0.800. The highest BCUT2D eigenvalue weighted by atomic mass is 31.1. The van der Waals surface area contributed by atoms with E-state index in [0.717, 1.165) is 0 Å². The molecule has 0 fully saturated rings. The predicted molar refractivity (Wildman–Crippen MR) is 46.0 cm³/mol. The zero-order chi connectivity index (χ0) is 8.85. The monoisotopic (exact) mass is 198 g/mol. The summed E-state index contributed by atoms with van der Waals surface area (Å²) in [6.07, 6.45) is 0.805. The smallest absolute Gasteiger partial charge is 0.320 e. The molecule has 0 aliphatic carbocycles. The highest BCUT2D eigenvalue weighted by Crippen LogP contribution is 2.15. The number of hydrogen-bond donors (Lipinski definition) is 4. The summed E-state index contributed by atoms with van der Waals surface area (Å²) >= 11 is 0. The summed E-state index contributed by atoms with van der Waals surface area (Å²) in [5.74, 6) is -1.07. The van der Waals surface area contributed by atoms with Crippen molar-refractivity contribution in [2.75, 3.05) is 6.16 Å². The number of hydrogen-bond acceptors (Lipinski definition) is 4. The number of carbonyl (C=O) groups is 1. The average Bonchev–Trinajstić information content (AvgIpc) is 1.86. The van der Waals surface area contributed by atoms with Gasteiger partial charge in [-0.1, -0.05) is 0 Å². The molecule has 0 aliphatic heterocycles. The Bertz CT molecular complexity index is 164. The predicted octanol–water partition coefficient (Wildman–Crippen LogP) is -0.193. The standard InChI is InChI=1S/C5H12NO4P.H3N/c6-4(5(7)8)2-1-3-11(9)10;/h4,11H,1-3,6H2,(H,7,8)(H,9,10);1H3. The lowest BCUT2D eigenvalue weighted by molar-refractivity contribution is -0.138. The van der Waals surface area contributed by atoms with Gasteiger partial charge in [0.1, 0.15) is 6.04 Å². The van der Waals surface area contributed by atoms with Crippen LogP contribution in [0, 0.1) is 0 Å². The van der Waals surface area contributed by atoms with Crippen molar-refractivity contribution in [1.29, 1.82) is 0 Å². The van der Waals surface area contributed by atoms with Crippen LogP contribution in [0.2, 0.25) is 0 Å². The highest BCUT2D eigenvalue weighted by molar-refractivity contribution is 7.37. The van der Waals surface area contributed by atoms with E-state index in [1.165, 1.54) is 0 Å². The van der Waals surface area contributed by atoms with Crippen molar-refractivity contribution in [2.45, 2.75) is 18.9 Å². The van der Waals surface area contributed by atoms with Gasteiger partial charge in [0.05, 0.1) is 0 Å². The van der Waals surface area contributed by atoms with Crippen LogP contribution < -0.4 is 11.9 Å². The third-order valence-corrected chi connectivity index (χ3v) is 2.00. The van der Waals surface area contributed by atoms with E-state index in [9.17, 15) is 9.36 Å². The third-order valence-electron chi connectivity index (χ3n) is 1.22. The van der Waals surface area contributed by atoms with Crippen LogP contribution in [0.1, 0.15) is 12.8 Å². The molecule has 0 aliphatic rings. The lowest BCUT2D eigenvalue weighted by Crippen LogP contribution is -2.29. The van der Waals surface area contributed by atoms with E-state index in [0.29, 0.717) is 6.42 Å². The Labute approximate surface area is 71.2 Å². The summed E-state index contributed by atoms with van der Waals surface area (Å²) in [6, 6.07) is -0.906. The van der Waals surface area contributed by atoms with Gasteiger partial charge in [-0.25, -0.2) is 0 Å². The quantitative estimate of drug-likeness (QED) is 0.452. The van der Waals surface area contributed by atoms with Crippen molar-refractivity contribution < 1.29 is 19.4 Å². The lowest BCUT2D eigenvalue weighted by Gasteiger charge is -2.03. The minimum Gasteiger partial charge on any atom is -0.480 e. The lowest BCUT2D eigenvalue weighted by atomic mass is 10.2. The number of aliphatic carboxylic acids is 1. The van der Waals surface area contributed by atoms with Crippen LogP contribution >= 0.6 is 8.03 Å². The maximum Gasteiger partial charge on any atom is 0.320 e. The molecule has 0 saturated heterocycles. The van der Waals surface area contributed by atoms with Gasteiger partial charge in [0.2, 0.25) is 0 Å². The van der Waals surface area contributed by atoms with E-state index in [1.54, 1.807) is 0 Å². The molecule has 2 atom stereocenters. The molecule has 0 spiro atoms. The van der Waals surface area contributed by atoms with Gasteiger partial charge in [-0.15, -0.1) is 0 Å². The van der Waals surface area contributed by atoms with Crippen molar-refractivity contribution in [3.63, 3.8) is 0 Å². The zero-order valence-electron chi connectivity index (χ0n) is 6.69. The minimum atomic E-state index is -2.45. The Hall–Kier alpha value is -0.420. The Morgan fingerprint density at radius 1 is 1.58 bits per heavy atom. The maximum absolute atomic E-state index is 10.1.